The number of amides is 3. The summed E-state index contributed by atoms with van der Waals surface area (Å²) in [5.74, 6) is -0.551. The standard InChI is InChI=1S/C16H16N4O5/c1-19(16(22)18-10-11-4-3-7-17-9-11)15(21)13-6-5-12(25-2)8-14(13)20(23)24/h3-9H,10H2,1-2H3,(H,18,22). The average Bonchev–Trinajstić information content (AvgIpc) is 2.65. The molecule has 25 heavy (non-hydrogen) atoms. The Morgan fingerprint density at radius 1 is 1.36 bits per heavy atom. The maximum absolute atomic E-state index is 12.4. The molecule has 0 aliphatic rings. The Morgan fingerprint density at radius 2 is 2.12 bits per heavy atom. The lowest BCUT2D eigenvalue weighted by atomic mass is 10.1. The van der Waals surface area contributed by atoms with E-state index in [0.29, 0.717) is 0 Å². The molecule has 0 unspecified atom stereocenters. The van der Waals surface area contributed by atoms with Gasteiger partial charge in [0.2, 0.25) is 0 Å². The molecule has 2 rings (SSSR count). The van der Waals surface area contributed by atoms with Crippen LogP contribution in [0.4, 0.5) is 10.5 Å². The lowest BCUT2D eigenvalue weighted by Gasteiger charge is -2.16. The molecule has 1 aromatic heterocycles. The molecule has 1 aromatic carbocycles. The van der Waals surface area contributed by atoms with Crippen LogP contribution in [0.1, 0.15) is 15.9 Å². The summed E-state index contributed by atoms with van der Waals surface area (Å²) in [7, 11) is 2.60. The first-order chi connectivity index (χ1) is 11.9. The lowest BCUT2D eigenvalue weighted by molar-refractivity contribution is -0.385. The van der Waals surface area contributed by atoms with Crippen molar-refractivity contribution in [1.29, 1.82) is 0 Å². The van der Waals surface area contributed by atoms with E-state index in [1.807, 2.05) is 0 Å². The highest BCUT2D eigenvalue weighted by Gasteiger charge is 2.26. The van der Waals surface area contributed by atoms with Crippen molar-refractivity contribution in [2.75, 3.05) is 14.2 Å². The molecule has 0 spiro atoms. The number of pyridine rings is 1. The number of carbonyl (C=O) groups excluding carboxylic acids is 2. The zero-order chi connectivity index (χ0) is 18.4. The molecule has 9 nitrogen and oxygen atoms in total. The highest BCUT2D eigenvalue weighted by molar-refractivity contribution is 6.06. The van der Waals surface area contributed by atoms with Crippen LogP contribution in [0.2, 0.25) is 0 Å². The van der Waals surface area contributed by atoms with Crippen LogP contribution in [0.5, 0.6) is 5.75 Å². The van der Waals surface area contributed by atoms with Gasteiger partial charge in [-0.3, -0.25) is 24.8 Å². The fraction of sp³-hybridized carbons (Fsp3) is 0.188. The number of methoxy groups -OCH3 is 1. The minimum Gasteiger partial charge on any atom is -0.497 e. The molecule has 0 saturated heterocycles. The average molecular weight is 344 g/mol. The lowest BCUT2D eigenvalue weighted by Crippen LogP contribution is -2.41. The summed E-state index contributed by atoms with van der Waals surface area (Å²) < 4.78 is 4.92. The fourth-order valence-corrected chi connectivity index (χ4v) is 2.04. The molecule has 0 saturated carbocycles. The van der Waals surface area contributed by atoms with Crippen LogP contribution in [0, 0.1) is 10.1 Å². The Hall–Kier alpha value is -3.49. The summed E-state index contributed by atoms with van der Waals surface area (Å²) in [6.45, 7) is 0.176. The Morgan fingerprint density at radius 3 is 2.72 bits per heavy atom. The Bertz CT molecular complexity index is 794. The van der Waals surface area contributed by atoms with E-state index in [-0.39, 0.29) is 17.9 Å². The van der Waals surface area contributed by atoms with Crippen LogP contribution in [0.15, 0.2) is 42.7 Å². The molecular formula is C16H16N4O5. The molecule has 0 fully saturated rings. The number of nitrogens with zero attached hydrogens (tertiary/aromatic N) is 3. The molecule has 3 amide bonds. The predicted molar refractivity (Wildman–Crippen MR) is 88.2 cm³/mol. The second-order valence-electron chi connectivity index (χ2n) is 5.02. The number of hydrogen-bond acceptors (Lipinski definition) is 6. The highest BCUT2D eigenvalue weighted by Crippen LogP contribution is 2.25. The number of nitro benzene ring substituents is 1. The molecule has 0 aliphatic carbocycles. The van der Waals surface area contributed by atoms with E-state index in [4.69, 9.17) is 4.74 Å². The maximum atomic E-state index is 12.4. The molecule has 1 heterocycles. The third-order valence-corrected chi connectivity index (χ3v) is 3.41. The molecule has 130 valence electrons. The van der Waals surface area contributed by atoms with Gasteiger partial charge in [-0.1, -0.05) is 6.07 Å². The van der Waals surface area contributed by atoms with E-state index >= 15 is 0 Å². The van der Waals surface area contributed by atoms with Crippen molar-refractivity contribution in [1.82, 2.24) is 15.2 Å². The number of aromatic nitrogens is 1. The fourth-order valence-electron chi connectivity index (χ4n) is 2.04. The molecule has 0 bridgehead atoms. The monoisotopic (exact) mass is 344 g/mol. The van der Waals surface area contributed by atoms with Crippen molar-refractivity contribution < 1.29 is 19.2 Å². The van der Waals surface area contributed by atoms with Gasteiger partial charge in [0.25, 0.3) is 11.6 Å². The third kappa shape index (κ3) is 4.28. The molecule has 1 N–H and O–H groups in total. The van der Waals surface area contributed by atoms with Crippen LogP contribution in [0.25, 0.3) is 0 Å². The van der Waals surface area contributed by atoms with Gasteiger partial charge in [0, 0.05) is 26.0 Å². The number of rotatable bonds is 5. The molecule has 2 aromatic rings. The van der Waals surface area contributed by atoms with E-state index in [9.17, 15) is 19.7 Å². The number of nitro groups is 1. The molecular weight excluding hydrogens is 328 g/mol. The number of benzene rings is 1. The molecule has 0 radical (unpaired) electrons. The quantitative estimate of drug-likeness (QED) is 0.655. The van der Waals surface area contributed by atoms with Gasteiger partial charge in [-0.05, 0) is 23.8 Å². The normalized spacial score (nSPS) is 10.0. The molecule has 9 heteroatoms. The summed E-state index contributed by atoms with van der Waals surface area (Å²) in [5.41, 5.74) is 0.119. The number of nitrogens with one attached hydrogen (secondary N) is 1. The van der Waals surface area contributed by atoms with Crippen LogP contribution in [0.3, 0.4) is 0 Å². The van der Waals surface area contributed by atoms with Crippen molar-refractivity contribution >= 4 is 17.6 Å². The largest absolute Gasteiger partial charge is 0.497 e. The summed E-state index contributed by atoms with van der Waals surface area (Å²) in [6.07, 6.45) is 3.18. The van der Waals surface area contributed by atoms with Crippen molar-refractivity contribution in [2.45, 2.75) is 6.54 Å². The third-order valence-electron chi connectivity index (χ3n) is 3.41. The van der Waals surface area contributed by atoms with Crippen LogP contribution in [-0.4, -0.2) is 40.9 Å². The van der Waals surface area contributed by atoms with Gasteiger partial charge in [0.1, 0.15) is 11.3 Å². The van der Waals surface area contributed by atoms with E-state index < -0.39 is 22.5 Å². The first-order valence-electron chi connectivity index (χ1n) is 7.21. The van der Waals surface area contributed by atoms with E-state index in [2.05, 4.69) is 10.3 Å². The van der Waals surface area contributed by atoms with Crippen LogP contribution in [-0.2, 0) is 6.54 Å². The van der Waals surface area contributed by atoms with Gasteiger partial charge >= 0.3 is 6.03 Å². The van der Waals surface area contributed by atoms with Gasteiger partial charge in [-0.15, -0.1) is 0 Å². The number of ether oxygens (including phenoxy) is 1. The first kappa shape index (κ1) is 17.9. The van der Waals surface area contributed by atoms with Crippen molar-refractivity contribution in [2.24, 2.45) is 0 Å². The number of imide groups is 1. The number of carbonyl (C=O) groups is 2. The second kappa shape index (κ2) is 7.86. The minimum atomic E-state index is -0.793. The highest BCUT2D eigenvalue weighted by atomic mass is 16.6. The summed E-state index contributed by atoms with van der Waals surface area (Å²) in [4.78, 5) is 39.7. The second-order valence-corrected chi connectivity index (χ2v) is 5.02. The van der Waals surface area contributed by atoms with Crippen molar-refractivity contribution in [3.05, 3.63) is 64.0 Å². The van der Waals surface area contributed by atoms with Crippen molar-refractivity contribution in [3.8, 4) is 5.75 Å². The topological polar surface area (TPSA) is 115 Å². The number of urea groups is 1. The van der Waals surface area contributed by atoms with Gasteiger partial charge in [0.15, 0.2) is 0 Å². The minimum absolute atomic E-state index is 0.176. The Labute approximate surface area is 143 Å². The predicted octanol–water partition coefficient (Wildman–Crippen LogP) is 1.98. The summed E-state index contributed by atoms with van der Waals surface area (Å²) >= 11 is 0. The van der Waals surface area contributed by atoms with Gasteiger partial charge in [-0.25, -0.2) is 4.79 Å². The van der Waals surface area contributed by atoms with Gasteiger partial charge < -0.3 is 10.1 Å². The summed E-state index contributed by atoms with van der Waals surface area (Å²) in [6, 6.07) is 6.61. The van der Waals surface area contributed by atoms with Gasteiger partial charge in [-0.2, -0.15) is 0 Å². The Balaban J connectivity index is 2.13. The zero-order valence-electron chi connectivity index (χ0n) is 13.6. The van der Waals surface area contributed by atoms with Gasteiger partial charge in [0.05, 0.1) is 18.1 Å². The SMILES string of the molecule is COc1ccc(C(=O)N(C)C(=O)NCc2cccnc2)c([N+](=O)[O-])c1. The van der Waals surface area contributed by atoms with E-state index in [1.165, 1.54) is 26.3 Å². The Kier molecular flexibility index (Phi) is 5.62. The maximum Gasteiger partial charge on any atom is 0.324 e. The molecule has 0 aliphatic heterocycles. The molecule has 0 atom stereocenters. The van der Waals surface area contributed by atoms with Crippen molar-refractivity contribution in [3.63, 3.8) is 0 Å². The smallest absolute Gasteiger partial charge is 0.324 e. The summed E-state index contributed by atoms with van der Waals surface area (Å²) in [5, 5.41) is 13.7. The van der Waals surface area contributed by atoms with E-state index in [1.54, 1.807) is 24.5 Å². The first-order valence-corrected chi connectivity index (χ1v) is 7.21. The van der Waals surface area contributed by atoms with Crippen LogP contribution < -0.4 is 10.1 Å². The zero-order valence-corrected chi connectivity index (χ0v) is 13.6. The number of hydrogen-bond donors (Lipinski definition) is 1. The van der Waals surface area contributed by atoms with Crippen LogP contribution >= 0.6 is 0 Å². The van der Waals surface area contributed by atoms with E-state index in [0.717, 1.165) is 16.5 Å².